The molecule has 10 radical (unpaired) electrons. The van der Waals surface area contributed by atoms with E-state index in [0.29, 0.717) is 4.08 Å². The van der Waals surface area contributed by atoms with Crippen molar-refractivity contribution in [1.82, 2.24) is 0 Å². The maximum Gasteiger partial charge on any atom is 0.0651 e. The molecule has 2 saturated carbocycles. The van der Waals surface area contributed by atoms with Crippen LogP contribution in [0.3, 0.4) is 0 Å². The van der Waals surface area contributed by atoms with Gasteiger partial charge in [0.2, 0.25) is 0 Å². The summed E-state index contributed by atoms with van der Waals surface area (Å²) < 4.78 is 0.351. The van der Waals surface area contributed by atoms with Crippen molar-refractivity contribution in [2.45, 2.75) is 11.0 Å². The van der Waals surface area contributed by atoms with Crippen molar-refractivity contribution in [3.63, 3.8) is 0 Å². The first-order valence-corrected chi connectivity index (χ1v) is 7.45. The van der Waals surface area contributed by atoms with Crippen molar-refractivity contribution in [1.29, 1.82) is 0 Å². The molecule has 1 heterocycles. The van der Waals surface area contributed by atoms with E-state index >= 15 is 0 Å². The second-order valence-corrected chi connectivity index (χ2v) is 7.06. The first kappa shape index (κ1) is 16.3. The number of hydrogen-bond acceptors (Lipinski definition) is 2. The second-order valence-electron chi connectivity index (χ2n) is 3.78. The van der Waals surface area contributed by atoms with Gasteiger partial charge in [-0.3, -0.25) is 0 Å². The minimum absolute atomic E-state index is 0. The summed E-state index contributed by atoms with van der Waals surface area (Å²) in [6, 6.07) is 0. The largest absolute Gasteiger partial charge is 0.143 e. The molecule has 2 aliphatic carbocycles. The molecule has 1 saturated heterocycles. The molecule has 0 atom stereocenters. The van der Waals surface area contributed by atoms with Crippen LogP contribution in [0.4, 0.5) is 0 Å². The molecule has 0 aromatic heterocycles. The normalized spacial score (nSPS) is 27.4. The molecular formula is C14H16FeS2. The van der Waals surface area contributed by atoms with E-state index in [2.05, 4.69) is 56.1 Å². The fourth-order valence-electron chi connectivity index (χ4n) is 1.68. The number of thioether (sulfide) groups is 2. The molecule has 0 N–H and O–H groups in total. The molecule has 0 aromatic carbocycles. The zero-order chi connectivity index (χ0) is 11.3. The van der Waals surface area contributed by atoms with Crippen LogP contribution in [0.15, 0.2) is 0 Å². The molecule has 0 amide bonds. The smallest absolute Gasteiger partial charge is 0.0651 e. The van der Waals surface area contributed by atoms with Crippen LogP contribution in [0.1, 0.15) is 6.92 Å². The first-order valence-electron chi connectivity index (χ1n) is 5.48. The zero-order valence-corrected chi connectivity index (χ0v) is 12.5. The topological polar surface area (TPSA) is 0 Å². The molecule has 3 rings (SSSR count). The van der Waals surface area contributed by atoms with Crippen molar-refractivity contribution in [2.24, 2.45) is 0 Å². The van der Waals surface area contributed by atoms with Crippen LogP contribution in [0.2, 0.25) is 0 Å². The fourth-order valence-corrected chi connectivity index (χ4v) is 4.56. The summed E-state index contributed by atoms with van der Waals surface area (Å²) in [4.78, 5) is 0. The minimum atomic E-state index is 0. The van der Waals surface area contributed by atoms with Gasteiger partial charge in [-0.2, -0.15) is 0 Å². The van der Waals surface area contributed by atoms with Gasteiger partial charge in [-0.15, -0.1) is 23.5 Å². The molecule has 3 fully saturated rings. The SMILES string of the molecule is CC1([C]2[CH][CH][CH][CH]2)SCCS1.[CH]1[CH][CH][CH][CH]1.[Fe]. The Morgan fingerprint density at radius 1 is 0.824 bits per heavy atom. The van der Waals surface area contributed by atoms with Gasteiger partial charge in [0.05, 0.1) is 4.08 Å². The van der Waals surface area contributed by atoms with Crippen molar-refractivity contribution < 1.29 is 17.1 Å². The average molecular weight is 304 g/mol. The summed E-state index contributed by atoms with van der Waals surface area (Å²) in [5.41, 5.74) is 0. The average Bonchev–Trinajstić information content (AvgIpc) is 3.04. The quantitative estimate of drug-likeness (QED) is 0.679. The van der Waals surface area contributed by atoms with Gasteiger partial charge in [-0.05, 0) is 64.7 Å². The molecule has 0 aromatic rings. The van der Waals surface area contributed by atoms with Gasteiger partial charge in [0.1, 0.15) is 0 Å². The molecular weight excluding hydrogens is 288 g/mol. The summed E-state index contributed by atoms with van der Waals surface area (Å²) in [6.45, 7) is 2.32. The summed E-state index contributed by atoms with van der Waals surface area (Å²) >= 11 is 4.13. The molecule has 3 aliphatic rings. The van der Waals surface area contributed by atoms with Gasteiger partial charge in [-0.25, -0.2) is 0 Å². The van der Waals surface area contributed by atoms with Crippen LogP contribution in [0.5, 0.6) is 0 Å². The van der Waals surface area contributed by atoms with E-state index in [4.69, 9.17) is 0 Å². The monoisotopic (exact) mass is 304 g/mol. The third-order valence-electron chi connectivity index (χ3n) is 2.58. The second kappa shape index (κ2) is 8.40. The Bertz CT molecular complexity index is 185. The van der Waals surface area contributed by atoms with E-state index in [1.54, 1.807) is 0 Å². The predicted molar refractivity (Wildman–Crippen MR) is 75.3 cm³/mol. The van der Waals surface area contributed by atoms with Crippen molar-refractivity contribution in [3.05, 3.63) is 63.7 Å². The van der Waals surface area contributed by atoms with Gasteiger partial charge in [0, 0.05) is 34.5 Å². The maximum atomic E-state index is 2.32. The van der Waals surface area contributed by atoms with Crippen LogP contribution in [-0.2, 0) is 17.1 Å². The van der Waals surface area contributed by atoms with Gasteiger partial charge in [0.15, 0.2) is 0 Å². The molecule has 0 unspecified atom stereocenters. The third kappa shape index (κ3) is 5.01. The molecule has 17 heavy (non-hydrogen) atoms. The van der Waals surface area contributed by atoms with Crippen LogP contribution in [0, 0.1) is 63.7 Å². The van der Waals surface area contributed by atoms with Crippen LogP contribution in [-0.4, -0.2) is 15.6 Å². The Kier molecular flexibility index (Phi) is 8.04. The van der Waals surface area contributed by atoms with Crippen LogP contribution in [0.25, 0.3) is 0 Å². The van der Waals surface area contributed by atoms with Crippen molar-refractivity contribution >= 4 is 23.5 Å². The first-order chi connectivity index (χ1) is 7.81. The van der Waals surface area contributed by atoms with Gasteiger partial charge in [0.25, 0.3) is 0 Å². The van der Waals surface area contributed by atoms with E-state index in [1.807, 2.05) is 32.1 Å². The Balaban J connectivity index is 0.000000205. The van der Waals surface area contributed by atoms with E-state index in [-0.39, 0.29) is 17.1 Å². The summed E-state index contributed by atoms with van der Waals surface area (Å²) in [6.07, 6.45) is 18.7. The predicted octanol–water partition coefficient (Wildman–Crippen LogP) is 3.61. The van der Waals surface area contributed by atoms with Crippen molar-refractivity contribution in [3.8, 4) is 0 Å². The summed E-state index contributed by atoms with van der Waals surface area (Å²) in [5, 5.41) is 0. The number of hydrogen-bond donors (Lipinski definition) is 0. The van der Waals surface area contributed by atoms with E-state index in [1.165, 1.54) is 17.4 Å². The Morgan fingerprint density at radius 3 is 1.65 bits per heavy atom. The Labute approximate surface area is 126 Å². The molecule has 0 bridgehead atoms. The molecule has 1 aliphatic heterocycles. The van der Waals surface area contributed by atoms with Crippen molar-refractivity contribution in [2.75, 3.05) is 11.5 Å². The molecule has 0 nitrogen and oxygen atoms in total. The van der Waals surface area contributed by atoms with E-state index in [9.17, 15) is 0 Å². The molecule has 0 spiro atoms. The molecule has 92 valence electrons. The molecule has 3 heteroatoms. The fraction of sp³-hybridized carbons (Fsp3) is 0.286. The summed E-state index contributed by atoms with van der Waals surface area (Å²) in [7, 11) is 0. The summed E-state index contributed by atoms with van der Waals surface area (Å²) in [5.74, 6) is 4.07. The third-order valence-corrected chi connectivity index (χ3v) is 5.94. The van der Waals surface area contributed by atoms with Gasteiger partial charge >= 0.3 is 0 Å². The standard InChI is InChI=1S/C9H11S2.C5H5.Fe/c1-9(10-6-7-11-9)8-4-2-3-5-8;1-2-4-5-3-1;/h2-5H,6-7H2,1H3;1-5H;. The maximum absolute atomic E-state index is 2.32. The zero-order valence-electron chi connectivity index (χ0n) is 9.78. The Hall–Kier alpha value is 1.22. The van der Waals surface area contributed by atoms with Crippen LogP contribution < -0.4 is 0 Å². The van der Waals surface area contributed by atoms with Gasteiger partial charge < -0.3 is 0 Å². The van der Waals surface area contributed by atoms with Gasteiger partial charge in [-0.1, -0.05) is 0 Å². The van der Waals surface area contributed by atoms with Crippen LogP contribution >= 0.6 is 23.5 Å². The minimum Gasteiger partial charge on any atom is -0.143 e. The Morgan fingerprint density at radius 2 is 1.24 bits per heavy atom. The van der Waals surface area contributed by atoms with E-state index < -0.39 is 0 Å². The van der Waals surface area contributed by atoms with E-state index in [0.717, 1.165) is 0 Å². The number of rotatable bonds is 1.